The Bertz CT molecular complexity index is 375. The number of hydrogen-bond donors (Lipinski definition) is 1. The van der Waals surface area contributed by atoms with Crippen LogP contribution in [0.5, 0.6) is 0 Å². The molecule has 3 nitrogen and oxygen atoms in total. The van der Waals surface area contributed by atoms with Gasteiger partial charge in [-0.05, 0) is 11.6 Å². The lowest BCUT2D eigenvalue weighted by Gasteiger charge is -2.06. The summed E-state index contributed by atoms with van der Waals surface area (Å²) >= 11 is 0. The number of rotatable bonds is 0. The molecule has 2 aliphatic heterocycles. The topological polar surface area (TPSA) is 38.3 Å². The van der Waals surface area contributed by atoms with Gasteiger partial charge in [0, 0.05) is 5.69 Å². The van der Waals surface area contributed by atoms with E-state index >= 15 is 0 Å². The summed E-state index contributed by atoms with van der Waals surface area (Å²) in [6, 6.07) is 8.04. The second-order valence-electron chi connectivity index (χ2n) is 3.45. The molecule has 1 saturated heterocycles. The van der Waals surface area contributed by atoms with Gasteiger partial charge in [0.2, 0.25) is 0 Å². The van der Waals surface area contributed by atoms with Gasteiger partial charge in [-0.2, -0.15) is 0 Å². The molecule has 2 aliphatic rings. The number of benzene rings is 1. The Hall–Kier alpha value is -1.51. The average Bonchev–Trinajstić information content (AvgIpc) is 2.60. The molecule has 1 fully saturated rings. The van der Waals surface area contributed by atoms with E-state index in [0.29, 0.717) is 6.42 Å². The van der Waals surface area contributed by atoms with Gasteiger partial charge in [0.1, 0.15) is 0 Å². The van der Waals surface area contributed by atoms with Crippen molar-refractivity contribution in [3.05, 3.63) is 29.8 Å². The molecule has 3 heteroatoms. The molecule has 2 unspecified atom stereocenters. The van der Waals surface area contributed by atoms with Crippen LogP contribution < -0.4 is 5.32 Å². The van der Waals surface area contributed by atoms with Gasteiger partial charge in [-0.15, -0.1) is 0 Å². The summed E-state index contributed by atoms with van der Waals surface area (Å²) in [5.74, 6) is 0.126. The van der Waals surface area contributed by atoms with Crippen LogP contribution in [0.2, 0.25) is 0 Å². The third-order valence-electron chi connectivity index (χ3n) is 2.67. The van der Waals surface area contributed by atoms with Gasteiger partial charge in [-0.25, -0.2) is 0 Å². The third kappa shape index (κ3) is 0.869. The fourth-order valence-electron chi connectivity index (χ4n) is 2.07. The molecule has 0 aromatic heterocycles. The Labute approximate surface area is 75.7 Å². The number of para-hydroxylation sites is 1. The highest BCUT2D eigenvalue weighted by Gasteiger charge is 2.41. The van der Waals surface area contributed by atoms with Gasteiger partial charge < -0.3 is 10.1 Å². The summed E-state index contributed by atoms with van der Waals surface area (Å²) in [6.45, 7) is 0. The van der Waals surface area contributed by atoms with E-state index in [1.807, 2.05) is 18.2 Å². The fourth-order valence-corrected chi connectivity index (χ4v) is 2.07. The van der Waals surface area contributed by atoms with Crippen LogP contribution in [0.3, 0.4) is 0 Å². The van der Waals surface area contributed by atoms with Crippen LogP contribution in [0, 0.1) is 0 Å². The van der Waals surface area contributed by atoms with Gasteiger partial charge >= 0.3 is 5.97 Å². The van der Waals surface area contributed by atoms with Crippen molar-refractivity contribution >= 4 is 11.7 Å². The summed E-state index contributed by atoms with van der Waals surface area (Å²) in [4.78, 5) is 11.0. The molecule has 13 heavy (non-hydrogen) atoms. The van der Waals surface area contributed by atoms with E-state index < -0.39 is 0 Å². The Morgan fingerprint density at radius 3 is 3.15 bits per heavy atom. The molecule has 0 saturated carbocycles. The quantitative estimate of drug-likeness (QED) is 0.607. The molecule has 1 aromatic rings. The van der Waals surface area contributed by atoms with Crippen LogP contribution in [-0.4, -0.2) is 12.2 Å². The number of anilines is 1. The third-order valence-corrected chi connectivity index (χ3v) is 2.67. The van der Waals surface area contributed by atoms with Crippen LogP contribution in [0.25, 0.3) is 0 Å². The summed E-state index contributed by atoms with van der Waals surface area (Å²) < 4.78 is 5.12. The summed E-state index contributed by atoms with van der Waals surface area (Å²) in [5.41, 5.74) is 2.31. The highest BCUT2D eigenvalue weighted by Crippen LogP contribution is 2.42. The standard InChI is InChI=1S/C10H9NO2/c12-9-5-7-6-3-1-2-4-8(6)11-10(7)13-9/h1-4,7,10-11H,5H2. The van der Waals surface area contributed by atoms with Crippen molar-refractivity contribution in [2.75, 3.05) is 5.32 Å². The first-order valence-electron chi connectivity index (χ1n) is 4.39. The van der Waals surface area contributed by atoms with E-state index in [1.165, 1.54) is 5.56 Å². The molecule has 66 valence electrons. The van der Waals surface area contributed by atoms with Crippen molar-refractivity contribution in [1.82, 2.24) is 0 Å². The zero-order valence-corrected chi connectivity index (χ0v) is 6.99. The van der Waals surface area contributed by atoms with Crippen molar-refractivity contribution in [3.8, 4) is 0 Å². The van der Waals surface area contributed by atoms with Crippen LogP contribution in [0.4, 0.5) is 5.69 Å². The van der Waals surface area contributed by atoms with E-state index in [2.05, 4.69) is 11.4 Å². The Morgan fingerprint density at radius 1 is 1.38 bits per heavy atom. The maximum Gasteiger partial charge on any atom is 0.308 e. The number of carbonyl (C=O) groups is 1. The van der Waals surface area contributed by atoms with Crippen molar-refractivity contribution < 1.29 is 9.53 Å². The van der Waals surface area contributed by atoms with Gasteiger partial charge in [0.15, 0.2) is 6.23 Å². The lowest BCUT2D eigenvalue weighted by Crippen LogP contribution is -2.16. The predicted molar refractivity (Wildman–Crippen MR) is 47.3 cm³/mol. The SMILES string of the molecule is O=C1CC2c3ccccc3NC2O1. The molecule has 0 bridgehead atoms. The number of nitrogens with one attached hydrogen (secondary N) is 1. The molecule has 2 atom stereocenters. The van der Waals surface area contributed by atoms with Crippen molar-refractivity contribution in [2.24, 2.45) is 0 Å². The van der Waals surface area contributed by atoms with Crippen molar-refractivity contribution in [2.45, 2.75) is 18.6 Å². The monoisotopic (exact) mass is 175 g/mol. The number of esters is 1. The fraction of sp³-hybridized carbons (Fsp3) is 0.300. The maximum absolute atomic E-state index is 11.0. The number of ether oxygens (including phenoxy) is 1. The Morgan fingerprint density at radius 2 is 2.23 bits per heavy atom. The van der Waals surface area contributed by atoms with Crippen LogP contribution in [0.1, 0.15) is 17.9 Å². The minimum absolute atomic E-state index is 0.1000. The van der Waals surface area contributed by atoms with Gasteiger partial charge in [0.05, 0.1) is 12.3 Å². The minimum Gasteiger partial charge on any atom is -0.441 e. The highest BCUT2D eigenvalue weighted by atomic mass is 16.6. The normalized spacial score (nSPS) is 29.1. The van der Waals surface area contributed by atoms with E-state index in [1.54, 1.807) is 0 Å². The summed E-state index contributed by atoms with van der Waals surface area (Å²) in [6.07, 6.45) is 0.388. The lowest BCUT2D eigenvalue weighted by molar-refractivity contribution is -0.140. The zero-order chi connectivity index (χ0) is 8.84. The molecule has 0 radical (unpaired) electrons. The first-order valence-corrected chi connectivity index (χ1v) is 4.39. The summed E-state index contributed by atoms with van der Waals surface area (Å²) in [5, 5.41) is 3.18. The Balaban J connectivity index is 2.06. The second-order valence-corrected chi connectivity index (χ2v) is 3.45. The molecule has 1 N–H and O–H groups in total. The van der Waals surface area contributed by atoms with E-state index in [9.17, 15) is 4.79 Å². The number of hydrogen-bond acceptors (Lipinski definition) is 3. The van der Waals surface area contributed by atoms with Crippen molar-refractivity contribution in [1.29, 1.82) is 0 Å². The zero-order valence-electron chi connectivity index (χ0n) is 6.99. The van der Waals surface area contributed by atoms with E-state index in [-0.39, 0.29) is 18.1 Å². The average molecular weight is 175 g/mol. The number of fused-ring (bicyclic) bond motifs is 3. The van der Waals surface area contributed by atoms with E-state index in [4.69, 9.17) is 4.74 Å². The Kier molecular flexibility index (Phi) is 1.20. The molecule has 3 rings (SSSR count). The highest BCUT2D eigenvalue weighted by molar-refractivity contribution is 5.77. The first kappa shape index (κ1) is 6.95. The first-order chi connectivity index (χ1) is 6.34. The molecule has 0 amide bonds. The minimum atomic E-state index is -0.120. The van der Waals surface area contributed by atoms with Gasteiger partial charge in [-0.3, -0.25) is 4.79 Å². The second kappa shape index (κ2) is 2.25. The largest absolute Gasteiger partial charge is 0.441 e. The van der Waals surface area contributed by atoms with Crippen LogP contribution in [0.15, 0.2) is 24.3 Å². The smallest absolute Gasteiger partial charge is 0.308 e. The molecular weight excluding hydrogens is 166 g/mol. The summed E-state index contributed by atoms with van der Waals surface area (Å²) in [7, 11) is 0. The number of carbonyl (C=O) groups excluding carboxylic acids is 1. The molecule has 0 spiro atoms. The van der Waals surface area contributed by atoms with Gasteiger partial charge in [0.25, 0.3) is 0 Å². The van der Waals surface area contributed by atoms with Crippen LogP contribution >= 0.6 is 0 Å². The molecular formula is C10H9NO2. The molecule has 0 aliphatic carbocycles. The van der Waals surface area contributed by atoms with Gasteiger partial charge in [-0.1, -0.05) is 18.2 Å². The van der Waals surface area contributed by atoms with E-state index in [0.717, 1.165) is 5.69 Å². The van der Waals surface area contributed by atoms with Crippen LogP contribution in [-0.2, 0) is 9.53 Å². The van der Waals surface area contributed by atoms with Crippen molar-refractivity contribution in [3.63, 3.8) is 0 Å². The molecule has 2 heterocycles. The molecule has 1 aromatic carbocycles. The lowest BCUT2D eigenvalue weighted by atomic mass is 9.99. The predicted octanol–water partition coefficient (Wildman–Crippen LogP) is 1.47. The maximum atomic E-state index is 11.0.